The fourth-order valence-electron chi connectivity index (χ4n) is 2.31. The average Bonchev–Trinajstić information content (AvgIpc) is 3.08. The Morgan fingerprint density at radius 1 is 1.20 bits per heavy atom. The van der Waals surface area contributed by atoms with Crippen molar-refractivity contribution in [2.45, 2.75) is 13.8 Å². The first-order chi connectivity index (χ1) is 9.65. The molecule has 0 spiro atoms. The second-order valence-corrected chi connectivity index (χ2v) is 6.61. The molecule has 0 bridgehead atoms. The highest BCUT2D eigenvalue weighted by Gasteiger charge is 2.22. The van der Waals surface area contributed by atoms with E-state index in [1.807, 2.05) is 18.5 Å². The molecule has 0 aromatic carbocycles. The lowest BCUT2D eigenvalue weighted by Crippen LogP contribution is -2.46. The van der Waals surface area contributed by atoms with Gasteiger partial charge in [-0.1, -0.05) is 11.3 Å². The van der Waals surface area contributed by atoms with E-state index in [4.69, 9.17) is 0 Å². The van der Waals surface area contributed by atoms with E-state index in [-0.39, 0.29) is 5.78 Å². The number of hydrogen-bond acceptors (Lipinski definition) is 7. The molecule has 0 aliphatic carbocycles. The van der Waals surface area contributed by atoms with Crippen LogP contribution in [-0.2, 0) is 0 Å². The lowest BCUT2D eigenvalue weighted by atomic mass is 10.3. The number of carbonyl (C=O) groups excluding carboxylic acids is 1. The van der Waals surface area contributed by atoms with Gasteiger partial charge < -0.3 is 9.80 Å². The number of hydrogen-bond donors (Lipinski definition) is 0. The number of Topliss-reactive ketones (excluding diaryl/α,β-unsaturated/α-hetero) is 1. The van der Waals surface area contributed by atoms with Gasteiger partial charge in [0.1, 0.15) is 0 Å². The third kappa shape index (κ3) is 2.55. The second-order valence-electron chi connectivity index (χ2n) is 4.76. The van der Waals surface area contributed by atoms with E-state index >= 15 is 0 Å². The van der Waals surface area contributed by atoms with Gasteiger partial charge in [-0.05, 0) is 6.92 Å². The average molecular weight is 308 g/mol. The van der Waals surface area contributed by atoms with Crippen LogP contribution >= 0.6 is 22.7 Å². The molecule has 1 fully saturated rings. The van der Waals surface area contributed by atoms with E-state index in [9.17, 15) is 4.79 Å². The van der Waals surface area contributed by atoms with Crippen molar-refractivity contribution in [2.24, 2.45) is 0 Å². The maximum absolute atomic E-state index is 11.5. The highest BCUT2D eigenvalue weighted by atomic mass is 32.1. The summed E-state index contributed by atoms with van der Waals surface area (Å²) in [5.74, 6) is 0.104. The first kappa shape index (κ1) is 13.5. The molecule has 20 heavy (non-hydrogen) atoms. The maximum atomic E-state index is 11.5. The van der Waals surface area contributed by atoms with Crippen molar-refractivity contribution in [1.82, 2.24) is 9.97 Å². The highest BCUT2D eigenvalue weighted by Crippen LogP contribution is 2.28. The van der Waals surface area contributed by atoms with Crippen LogP contribution in [0.1, 0.15) is 22.3 Å². The van der Waals surface area contributed by atoms with E-state index in [1.165, 1.54) is 11.3 Å². The Morgan fingerprint density at radius 3 is 2.35 bits per heavy atom. The van der Waals surface area contributed by atoms with Crippen LogP contribution in [-0.4, -0.2) is 41.9 Å². The quantitative estimate of drug-likeness (QED) is 0.815. The molecule has 0 unspecified atom stereocenters. The van der Waals surface area contributed by atoms with Crippen molar-refractivity contribution in [2.75, 3.05) is 36.0 Å². The molecule has 5 nitrogen and oxygen atoms in total. The van der Waals surface area contributed by atoms with Crippen molar-refractivity contribution in [3.05, 3.63) is 22.1 Å². The second kappa shape index (κ2) is 5.49. The Hall–Kier alpha value is -1.47. The van der Waals surface area contributed by atoms with Gasteiger partial charge in [0.25, 0.3) is 0 Å². The number of anilines is 2. The monoisotopic (exact) mass is 308 g/mol. The number of thiazole rings is 2. The van der Waals surface area contributed by atoms with Gasteiger partial charge in [0.15, 0.2) is 16.0 Å². The SMILES string of the molecule is CC(=O)c1sc(N2CCN(c3nccs3)CC2)nc1C. The minimum atomic E-state index is 0.104. The zero-order valence-electron chi connectivity index (χ0n) is 11.5. The van der Waals surface area contributed by atoms with Crippen LogP contribution in [0.2, 0.25) is 0 Å². The Morgan fingerprint density at radius 2 is 1.85 bits per heavy atom. The van der Waals surface area contributed by atoms with E-state index < -0.39 is 0 Å². The number of aromatic nitrogens is 2. The molecule has 2 aromatic rings. The first-order valence-electron chi connectivity index (χ1n) is 6.53. The molecule has 106 valence electrons. The summed E-state index contributed by atoms with van der Waals surface area (Å²) in [6.45, 7) is 7.24. The lowest BCUT2D eigenvalue weighted by molar-refractivity contribution is 0.102. The van der Waals surface area contributed by atoms with Crippen molar-refractivity contribution in [3.8, 4) is 0 Å². The van der Waals surface area contributed by atoms with Gasteiger partial charge in [0, 0.05) is 44.7 Å². The molecular weight excluding hydrogens is 292 g/mol. The van der Waals surface area contributed by atoms with Crippen molar-refractivity contribution in [3.63, 3.8) is 0 Å². The Labute approximate surface area is 125 Å². The normalized spacial score (nSPS) is 15.7. The van der Waals surface area contributed by atoms with Crippen molar-refractivity contribution < 1.29 is 4.79 Å². The number of aryl methyl sites for hydroxylation is 1. The molecule has 0 radical (unpaired) electrons. The zero-order chi connectivity index (χ0) is 14.1. The van der Waals surface area contributed by atoms with Gasteiger partial charge in [-0.15, -0.1) is 11.3 Å². The van der Waals surface area contributed by atoms with Crippen LogP contribution in [0.3, 0.4) is 0 Å². The summed E-state index contributed by atoms with van der Waals surface area (Å²) in [6.07, 6.45) is 1.84. The van der Waals surface area contributed by atoms with Gasteiger partial charge in [-0.25, -0.2) is 9.97 Å². The highest BCUT2D eigenvalue weighted by molar-refractivity contribution is 7.17. The smallest absolute Gasteiger partial charge is 0.186 e. The van der Waals surface area contributed by atoms with Gasteiger partial charge in [0.2, 0.25) is 0 Å². The summed E-state index contributed by atoms with van der Waals surface area (Å²) in [5, 5.41) is 4.06. The van der Waals surface area contributed by atoms with Gasteiger partial charge in [-0.2, -0.15) is 0 Å². The van der Waals surface area contributed by atoms with Crippen LogP contribution in [0.4, 0.5) is 10.3 Å². The van der Waals surface area contributed by atoms with Gasteiger partial charge >= 0.3 is 0 Å². The number of rotatable bonds is 3. The molecule has 3 rings (SSSR count). The molecule has 1 saturated heterocycles. The lowest BCUT2D eigenvalue weighted by Gasteiger charge is -2.34. The Kier molecular flexibility index (Phi) is 3.71. The molecule has 0 atom stereocenters. The molecule has 0 N–H and O–H groups in total. The van der Waals surface area contributed by atoms with E-state index in [2.05, 4.69) is 19.8 Å². The minimum absolute atomic E-state index is 0.104. The largest absolute Gasteiger partial charge is 0.345 e. The Balaban J connectivity index is 1.69. The van der Waals surface area contributed by atoms with Gasteiger partial charge in [-0.3, -0.25) is 4.79 Å². The number of piperazine rings is 1. The molecule has 2 aromatic heterocycles. The first-order valence-corrected chi connectivity index (χ1v) is 8.22. The Bertz CT molecular complexity index is 600. The van der Waals surface area contributed by atoms with Crippen LogP contribution in [0.25, 0.3) is 0 Å². The molecule has 3 heterocycles. The summed E-state index contributed by atoms with van der Waals surface area (Å²) in [4.78, 5) is 25.7. The van der Waals surface area contributed by atoms with E-state index in [1.54, 1.807) is 18.3 Å². The summed E-state index contributed by atoms with van der Waals surface area (Å²) in [7, 11) is 0. The van der Waals surface area contributed by atoms with Crippen LogP contribution in [0.15, 0.2) is 11.6 Å². The molecular formula is C13H16N4OS2. The summed E-state index contributed by atoms with van der Waals surface area (Å²) < 4.78 is 0. The summed E-state index contributed by atoms with van der Waals surface area (Å²) >= 11 is 3.18. The van der Waals surface area contributed by atoms with Crippen LogP contribution in [0.5, 0.6) is 0 Å². The van der Waals surface area contributed by atoms with E-state index in [0.717, 1.165) is 47.0 Å². The minimum Gasteiger partial charge on any atom is -0.345 e. The molecule has 1 aliphatic rings. The number of nitrogens with zero attached hydrogens (tertiary/aromatic N) is 4. The third-order valence-electron chi connectivity index (χ3n) is 3.35. The fraction of sp³-hybridized carbons (Fsp3) is 0.462. The maximum Gasteiger partial charge on any atom is 0.186 e. The van der Waals surface area contributed by atoms with Crippen LogP contribution < -0.4 is 9.80 Å². The molecule has 0 amide bonds. The van der Waals surface area contributed by atoms with Crippen LogP contribution in [0, 0.1) is 6.92 Å². The summed E-state index contributed by atoms with van der Waals surface area (Å²) in [5.41, 5.74) is 0.847. The predicted octanol–water partition coefficient (Wildman–Crippen LogP) is 2.44. The standard InChI is InChI=1S/C13H16N4OS2/c1-9-11(10(2)18)20-13(15-9)17-6-4-16(5-7-17)12-14-3-8-19-12/h3,8H,4-7H2,1-2H3. The third-order valence-corrected chi connectivity index (χ3v) is 5.50. The van der Waals surface area contributed by atoms with Gasteiger partial charge in [0.05, 0.1) is 10.6 Å². The summed E-state index contributed by atoms with van der Waals surface area (Å²) in [6, 6.07) is 0. The van der Waals surface area contributed by atoms with Crippen molar-refractivity contribution in [1.29, 1.82) is 0 Å². The fourth-order valence-corrected chi connectivity index (χ4v) is 4.02. The predicted molar refractivity (Wildman–Crippen MR) is 83.4 cm³/mol. The van der Waals surface area contributed by atoms with E-state index in [0.29, 0.717) is 0 Å². The number of carbonyl (C=O) groups is 1. The topological polar surface area (TPSA) is 49.3 Å². The molecule has 1 aliphatic heterocycles. The number of ketones is 1. The molecule has 7 heteroatoms. The molecule has 0 saturated carbocycles. The van der Waals surface area contributed by atoms with Crippen molar-refractivity contribution >= 4 is 38.7 Å². The zero-order valence-corrected chi connectivity index (χ0v) is 13.1.